The summed E-state index contributed by atoms with van der Waals surface area (Å²) in [6, 6.07) is 73.0. The van der Waals surface area contributed by atoms with Gasteiger partial charge in [0.25, 0.3) is 0 Å². The van der Waals surface area contributed by atoms with Gasteiger partial charge in [-0.1, -0.05) is 194 Å². The summed E-state index contributed by atoms with van der Waals surface area (Å²) in [7, 11) is 0. The van der Waals surface area contributed by atoms with Crippen LogP contribution in [-0.4, -0.2) is 19.5 Å². The quantitative estimate of drug-likeness (QED) is 0.179. The molecule has 0 saturated carbocycles. The van der Waals surface area contributed by atoms with Crippen LogP contribution in [0, 0.1) is 0 Å². The van der Waals surface area contributed by atoms with E-state index in [1.54, 1.807) is 0 Å². The largest absolute Gasteiger partial charge is 0.456 e. The molecular weight excluding hydrogens is 745 g/mol. The number of para-hydroxylation sites is 1. The Morgan fingerprint density at radius 2 is 0.951 bits per heavy atom. The van der Waals surface area contributed by atoms with Crippen molar-refractivity contribution in [2.45, 2.75) is 5.41 Å². The van der Waals surface area contributed by atoms with E-state index < -0.39 is 5.41 Å². The van der Waals surface area contributed by atoms with Crippen molar-refractivity contribution >= 4 is 32.6 Å². The molecule has 1 aliphatic carbocycles. The second kappa shape index (κ2) is 12.9. The number of aromatic nitrogens is 4. The lowest BCUT2D eigenvalue weighted by Gasteiger charge is -2.39. The molecule has 0 radical (unpaired) electrons. The highest BCUT2D eigenvalue weighted by atomic mass is 16.5. The fourth-order valence-electron chi connectivity index (χ4n) is 10.1. The summed E-state index contributed by atoms with van der Waals surface area (Å²) in [6.45, 7) is 0. The first-order valence-electron chi connectivity index (χ1n) is 20.7. The van der Waals surface area contributed by atoms with E-state index in [0.717, 1.165) is 77.5 Å². The molecule has 0 fully saturated rings. The Bertz CT molecular complexity index is 3510. The molecule has 0 atom stereocenters. The molecule has 0 N–H and O–H groups in total. The van der Waals surface area contributed by atoms with Crippen LogP contribution in [0.25, 0.3) is 83.6 Å². The van der Waals surface area contributed by atoms with Gasteiger partial charge in [-0.15, -0.1) is 0 Å². The van der Waals surface area contributed by atoms with Crippen LogP contribution in [0.1, 0.15) is 22.3 Å². The van der Waals surface area contributed by atoms with Gasteiger partial charge in [0.15, 0.2) is 11.6 Å². The van der Waals surface area contributed by atoms with Gasteiger partial charge in [0.05, 0.1) is 21.8 Å². The third-order valence-corrected chi connectivity index (χ3v) is 12.7. The molecule has 11 aromatic rings. The molecule has 5 heteroatoms. The van der Waals surface area contributed by atoms with Crippen LogP contribution in [0.5, 0.6) is 11.5 Å². The molecule has 1 aliphatic heterocycles. The Labute approximate surface area is 351 Å². The fraction of sp³-hybridized carbons (Fsp3) is 0.0179. The van der Waals surface area contributed by atoms with Gasteiger partial charge in [0.1, 0.15) is 11.5 Å². The first kappa shape index (κ1) is 33.8. The maximum absolute atomic E-state index is 7.24. The van der Waals surface area contributed by atoms with E-state index in [1.165, 1.54) is 22.3 Å². The van der Waals surface area contributed by atoms with Crippen LogP contribution < -0.4 is 4.74 Å². The van der Waals surface area contributed by atoms with E-state index in [0.29, 0.717) is 17.6 Å². The van der Waals surface area contributed by atoms with Gasteiger partial charge >= 0.3 is 0 Å². The molecule has 284 valence electrons. The van der Waals surface area contributed by atoms with Crippen molar-refractivity contribution in [3.8, 4) is 62.5 Å². The average Bonchev–Trinajstić information content (AvgIpc) is 3.84. The summed E-state index contributed by atoms with van der Waals surface area (Å²) in [5.41, 5.74) is 12.8. The van der Waals surface area contributed by atoms with E-state index >= 15 is 0 Å². The Morgan fingerprint density at radius 3 is 1.67 bits per heavy atom. The first-order chi connectivity index (χ1) is 30.3. The zero-order valence-electron chi connectivity index (χ0n) is 32.8. The van der Waals surface area contributed by atoms with Gasteiger partial charge in [-0.3, -0.25) is 4.57 Å². The van der Waals surface area contributed by atoms with Crippen LogP contribution in [-0.2, 0) is 5.41 Å². The van der Waals surface area contributed by atoms with Crippen molar-refractivity contribution in [1.82, 2.24) is 19.5 Å². The molecule has 0 bridgehead atoms. The van der Waals surface area contributed by atoms with E-state index in [2.05, 4.69) is 187 Å². The van der Waals surface area contributed by atoms with Crippen LogP contribution in [0.3, 0.4) is 0 Å². The smallest absolute Gasteiger partial charge is 0.238 e. The van der Waals surface area contributed by atoms with E-state index in [-0.39, 0.29) is 0 Å². The third kappa shape index (κ3) is 4.80. The summed E-state index contributed by atoms with van der Waals surface area (Å²) in [5, 5.41) is 4.31. The molecule has 5 nitrogen and oxygen atoms in total. The predicted molar refractivity (Wildman–Crippen MR) is 245 cm³/mol. The van der Waals surface area contributed by atoms with Crippen molar-refractivity contribution in [1.29, 1.82) is 0 Å². The number of hydrogen-bond acceptors (Lipinski definition) is 4. The lowest BCUT2D eigenvalue weighted by atomic mass is 9.66. The number of ether oxygens (including phenoxy) is 1. The molecule has 13 rings (SSSR count). The molecular formula is C56H34N4O. The molecule has 0 saturated heterocycles. The van der Waals surface area contributed by atoms with Crippen LogP contribution in [0.2, 0.25) is 0 Å². The summed E-state index contributed by atoms with van der Waals surface area (Å²) >= 11 is 0. The first-order valence-corrected chi connectivity index (χ1v) is 20.7. The van der Waals surface area contributed by atoms with Gasteiger partial charge in [-0.05, 0) is 50.9 Å². The van der Waals surface area contributed by atoms with Crippen molar-refractivity contribution in [3.63, 3.8) is 0 Å². The monoisotopic (exact) mass is 778 g/mol. The van der Waals surface area contributed by atoms with Crippen molar-refractivity contribution in [2.24, 2.45) is 0 Å². The molecule has 2 aromatic heterocycles. The number of hydrogen-bond donors (Lipinski definition) is 0. The SMILES string of the molecule is c1ccc(-c2ccc(-c3nc(-c4ccccc4)nc(-n4c5ccc6c(c5c5ccc7ccccc7c54)Oc4ccccc4C64c5ccccc5-c5ccccc54)n3)cc2)cc1. The molecule has 9 aromatic carbocycles. The van der Waals surface area contributed by atoms with Gasteiger partial charge < -0.3 is 4.74 Å². The summed E-state index contributed by atoms with van der Waals surface area (Å²) in [5.74, 6) is 3.43. The fourth-order valence-corrected chi connectivity index (χ4v) is 10.1. The van der Waals surface area contributed by atoms with Crippen molar-refractivity contribution in [3.05, 3.63) is 229 Å². The second-order valence-electron chi connectivity index (χ2n) is 15.9. The predicted octanol–water partition coefficient (Wildman–Crippen LogP) is 13.6. The average molecular weight is 779 g/mol. The van der Waals surface area contributed by atoms with Gasteiger partial charge in [-0.25, -0.2) is 4.98 Å². The van der Waals surface area contributed by atoms with Crippen LogP contribution in [0.4, 0.5) is 0 Å². The minimum Gasteiger partial charge on any atom is -0.456 e. The Balaban J connectivity index is 1.13. The minimum atomic E-state index is -0.594. The van der Waals surface area contributed by atoms with Gasteiger partial charge in [-0.2, -0.15) is 9.97 Å². The third-order valence-electron chi connectivity index (χ3n) is 12.7. The zero-order chi connectivity index (χ0) is 40.1. The molecule has 2 aliphatic rings. The molecule has 0 amide bonds. The number of fused-ring (bicyclic) bond motifs is 15. The van der Waals surface area contributed by atoms with Crippen molar-refractivity contribution in [2.75, 3.05) is 0 Å². The van der Waals surface area contributed by atoms with Crippen LogP contribution >= 0.6 is 0 Å². The Kier molecular flexibility index (Phi) is 7.16. The summed E-state index contributed by atoms with van der Waals surface area (Å²) < 4.78 is 9.48. The number of rotatable bonds is 4. The van der Waals surface area contributed by atoms with E-state index in [1.807, 2.05) is 24.3 Å². The minimum absolute atomic E-state index is 0.537. The maximum Gasteiger partial charge on any atom is 0.238 e. The Hall–Kier alpha value is -8.15. The highest BCUT2D eigenvalue weighted by molar-refractivity contribution is 6.21. The van der Waals surface area contributed by atoms with Gasteiger partial charge in [0.2, 0.25) is 5.95 Å². The van der Waals surface area contributed by atoms with Crippen molar-refractivity contribution < 1.29 is 4.74 Å². The Morgan fingerprint density at radius 1 is 0.393 bits per heavy atom. The lowest BCUT2D eigenvalue weighted by molar-refractivity contribution is 0.442. The summed E-state index contributed by atoms with van der Waals surface area (Å²) in [4.78, 5) is 15.8. The molecule has 61 heavy (non-hydrogen) atoms. The number of nitrogens with zero attached hydrogens (tertiary/aromatic N) is 4. The highest BCUT2D eigenvalue weighted by Crippen LogP contribution is 2.63. The van der Waals surface area contributed by atoms with Gasteiger partial charge in [0, 0.05) is 33.0 Å². The van der Waals surface area contributed by atoms with E-state index in [4.69, 9.17) is 19.7 Å². The summed E-state index contributed by atoms with van der Waals surface area (Å²) in [6.07, 6.45) is 0. The molecule has 0 unspecified atom stereocenters. The molecule has 3 heterocycles. The van der Waals surface area contributed by atoms with Crippen LogP contribution in [0.15, 0.2) is 206 Å². The number of benzene rings is 9. The maximum atomic E-state index is 7.24. The zero-order valence-corrected chi connectivity index (χ0v) is 32.8. The molecule has 1 spiro atoms. The topological polar surface area (TPSA) is 52.8 Å². The second-order valence-corrected chi connectivity index (χ2v) is 15.9. The van der Waals surface area contributed by atoms with E-state index in [9.17, 15) is 0 Å². The lowest BCUT2D eigenvalue weighted by Crippen LogP contribution is -2.32. The normalized spacial score (nSPS) is 13.2. The standard InChI is InChI=1S/C56H34N4O/c1-3-15-35(16-4-1)36-27-29-39(30-28-36)54-57-53(38-18-5-2-6-19-38)58-55(59-54)60-48-34-33-47-52(50(48)43-32-31-37-17-7-8-20-40(37)51(43)60)61-49-26-14-13-25-46(49)56(47)44-23-11-9-21-41(44)42-22-10-12-24-45(42)56/h1-34H. The highest BCUT2D eigenvalue weighted by Gasteiger charge is 2.51.